The Morgan fingerprint density at radius 2 is 1.65 bits per heavy atom. The minimum Gasteiger partial charge on any atom is -0.494 e. The molecule has 0 aromatic heterocycles. The van der Waals surface area contributed by atoms with Crippen molar-refractivity contribution in [2.75, 3.05) is 16.8 Å². The Balaban J connectivity index is 1.76. The number of carbonyl (C=O) groups excluding carboxylic acids is 2. The van der Waals surface area contributed by atoms with Gasteiger partial charge in [0.2, 0.25) is 0 Å². The fourth-order valence-electron chi connectivity index (χ4n) is 3.43. The first-order chi connectivity index (χ1) is 15.0. The van der Waals surface area contributed by atoms with Gasteiger partial charge in [-0.2, -0.15) is 0 Å². The van der Waals surface area contributed by atoms with E-state index in [0.29, 0.717) is 39.9 Å². The van der Waals surface area contributed by atoms with E-state index < -0.39 is 5.91 Å². The van der Waals surface area contributed by atoms with Crippen LogP contribution in [0.1, 0.15) is 18.1 Å². The highest BCUT2D eigenvalue weighted by atomic mass is 35.5. The van der Waals surface area contributed by atoms with Crippen LogP contribution in [0, 0.1) is 6.92 Å². The minimum absolute atomic E-state index is 0.213. The average molecular weight is 433 g/mol. The van der Waals surface area contributed by atoms with E-state index in [9.17, 15) is 9.59 Å². The molecule has 1 aliphatic heterocycles. The number of amides is 2. The van der Waals surface area contributed by atoms with Crippen molar-refractivity contribution >= 4 is 40.4 Å². The van der Waals surface area contributed by atoms with Crippen molar-refractivity contribution < 1.29 is 14.3 Å². The summed E-state index contributed by atoms with van der Waals surface area (Å²) < 4.78 is 5.46. The summed E-state index contributed by atoms with van der Waals surface area (Å²) in [5, 5.41) is 3.70. The third-order valence-corrected chi connectivity index (χ3v) is 5.40. The molecule has 3 aromatic rings. The molecule has 0 fully saturated rings. The van der Waals surface area contributed by atoms with Gasteiger partial charge in [-0.25, -0.2) is 4.90 Å². The highest BCUT2D eigenvalue weighted by molar-refractivity contribution is 6.46. The van der Waals surface area contributed by atoms with Gasteiger partial charge in [-0.1, -0.05) is 48.0 Å². The Kier molecular flexibility index (Phi) is 5.78. The molecule has 1 aliphatic rings. The lowest BCUT2D eigenvalue weighted by atomic mass is 10.0. The van der Waals surface area contributed by atoms with Gasteiger partial charge >= 0.3 is 0 Å². The summed E-state index contributed by atoms with van der Waals surface area (Å²) in [5.74, 6) is -0.139. The third-order valence-electron chi connectivity index (χ3n) is 4.99. The molecular formula is C25H21ClN2O3. The van der Waals surface area contributed by atoms with E-state index in [2.05, 4.69) is 5.32 Å². The van der Waals surface area contributed by atoms with Crippen LogP contribution in [0.3, 0.4) is 0 Å². The number of nitrogens with one attached hydrogen (secondary N) is 1. The second-order valence-corrected chi connectivity index (χ2v) is 7.48. The fraction of sp³-hybridized carbons (Fsp3) is 0.120. The third kappa shape index (κ3) is 4.05. The number of halogens is 1. The van der Waals surface area contributed by atoms with E-state index in [1.807, 2.05) is 56.3 Å². The van der Waals surface area contributed by atoms with Crippen LogP contribution in [0.15, 0.2) is 78.5 Å². The van der Waals surface area contributed by atoms with Crippen LogP contribution in [0.2, 0.25) is 5.02 Å². The minimum atomic E-state index is -0.426. The smallest absolute Gasteiger partial charge is 0.282 e. The zero-order chi connectivity index (χ0) is 22.0. The summed E-state index contributed by atoms with van der Waals surface area (Å²) >= 11 is 6.25. The molecule has 156 valence electrons. The van der Waals surface area contributed by atoms with E-state index in [-0.39, 0.29) is 11.6 Å². The summed E-state index contributed by atoms with van der Waals surface area (Å²) in [4.78, 5) is 28.0. The molecule has 6 heteroatoms. The van der Waals surface area contributed by atoms with Gasteiger partial charge in [0.25, 0.3) is 11.8 Å². The fourth-order valence-corrected chi connectivity index (χ4v) is 3.61. The number of nitrogens with zero attached hydrogens (tertiary/aromatic N) is 1. The van der Waals surface area contributed by atoms with Gasteiger partial charge in [-0.15, -0.1) is 0 Å². The predicted molar refractivity (Wildman–Crippen MR) is 123 cm³/mol. The molecule has 0 atom stereocenters. The van der Waals surface area contributed by atoms with Crippen LogP contribution >= 0.6 is 11.6 Å². The molecule has 1 N–H and O–H groups in total. The quantitative estimate of drug-likeness (QED) is 0.526. The summed E-state index contributed by atoms with van der Waals surface area (Å²) in [6.45, 7) is 4.33. The number of carbonyl (C=O) groups is 2. The Morgan fingerprint density at radius 3 is 2.29 bits per heavy atom. The van der Waals surface area contributed by atoms with Crippen LogP contribution in [-0.4, -0.2) is 18.4 Å². The predicted octanol–water partition coefficient (Wildman–Crippen LogP) is 5.44. The Labute approximate surface area is 185 Å². The largest absolute Gasteiger partial charge is 0.494 e. The number of ether oxygens (including phenoxy) is 1. The molecule has 2 amide bonds. The molecular weight excluding hydrogens is 412 g/mol. The number of aryl methyl sites for hydroxylation is 1. The maximum absolute atomic E-state index is 13.4. The number of imide groups is 1. The van der Waals surface area contributed by atoms with Gasteiger partial charge in [0.15, 0.2) is 0 Å². The molecule has 0 saturated carbocycles. The lowest BCUT2D eigenvalue weighted by Crippen LogP contribution is -2.32. The molecule has 3 aromatic carbocycles. The maximum Gasteiger partial charge on any atom is 0.282 e. The second kappa shape index (κ2) is 8.66. The molecule has 0 saturated heterocycles. The van der Waals surface area contributed by atoms with E-state index in [1.165, 1.54) is 4.90 Å². The SMILES string of the molecule is CCOc1ccc(N2C(=O)C(Nc3ccc(C)c(Cl)c3)=C(c3ccccc3)C2=O)cc1. The monoisotopic (exact) mass is 432 g/mol. The van der Waals surface area contributed by atoms with Crippen LogP contribution < -0.4 is 15.0 Å². The summed E-state index contributed by atoms with van der Waals surface area (Å²) in [5.41, 5.74) is 3.23. The van der Waals surface area contributed by atoms with Gasteiger partial charge in [0.05, 0.1) is 17.9 Å². The van der Waals surface area contributed by atoms with Crippen molar-refractivity contribution in [2.24, 2.45) is 0 Å². The van der Waals surface area contributed by atoms with Gasteiger partial charge in [0.1, 0.15) is 11.4 Å². The van der Waals surface area contributed by atoms with Crippen LogP contribution in [0.5, 0.6) is 5.75 Å². The summed E-state index contributed by atoms with van der Waals surface area (Å²) in [6.07, 6.45) is 0. The van der Waals surface area contributed by atoms with Crippen molar-refractivity contribution in [2.45, 2.75) is 13.8 Å². The van der Waals surface area contributed by atoms with Gasteiger partial charge in [-0.05, 0) is 61.4 Å². The van der Waals surface area contributed by atoms with Gasteiger partial charge in [-0.3, -0.25) is 9.59 Å². The number of benzene rings is 3. The number of hydrogen-bond acceptors (Lipinski definition) is 4. The van der Waals surface area contributed by atoms with Crippen molar-refractivity contribution in [3.8, 4) is 5.75 Å². The number of hydrogen-bond donors (Lipinski definition) is 1. The average Bonchev–Trinajstić information content (AvgIpc) is 3.02. The maximum atomic E-state index is 13.4. The highest BCUT2D eigenvalue weighted by Gasteiger charge is 2.40. The standard InChI is InChI=1S/C25H21ClN2O3/c1-3-31-20-13-11-19(12-14-20)28-24(29)22(17-7-5-4-6-8-17)23(25(28)30)27-18-10-9-16(2)21(26)15-18/h4-15,27H,3H2,1-2H3. The number of anilines is 2. The van der Waals surface area contributed by atoms with Crippen molar-refractivity contribution in [3.63, 3.8) is 0 Å². The van der Waals surface area contributed by atoms with Crippen LogP contribution in [-0.2, 0) is 9.59 Å². The summed E-state index contributed by atoms with van der Waals surface area (Å²) in [6, 6.07) is 21.5. The first-order valence-corrected chi connectivity index (χ1v) is 10.3. The highest BCUT2D eigenvalue weighted by Crippen LogP contribution is 2.34. The lowest BCUT2D eigenvalue weighted by Gasteiger charge is -2.16. The van der Waals surface area contributed by atoms with Gasteiger partial charge in [0, 0.05) is 10.7 Å². The van der Waals surface area contributed by atoms with Gasteiger partial charge < -0.3 is 10.1 Å². The van der Waals surface area contributed by atoms with Crippen molar-refractivity contribution in [3.05, 3.63) is 94.6 Å². The van der Waals surface area contributed by atoms with E-state index in [1.54, 1.807) is 30.3 Å². The van der Waals surface area contributed by atoms with Crippen molar-refractivity contribution in [1.82, 2.24) is 0 Å². The Bertz CT molecular complexity index is 1170. The molecule has 5 nitrogen and oxygen atoms in total. The second-order valence-electron chi connectivity index (χ2n) is 7.08. The number of rotatable bonds is 6. The first-order valence-electron chi connectivity index (χ1n) is 9.94. The van der Waals surface area contributed by atoms with Crippen LogP contribution in [0.25, 0.3) is 5.57 Å². The Morgan fingerprint density at radius 1 is 0.935 bits per heavy atom. The zero-order valence-electron chi connectivity index (χ0n) is 17.2. The topological polar surface area (TPSA) is 58.6 Å². The molecule has 0 bridgehead atoms. The molecule has 0 radical (unpaired) electrons. The zero-order valence-corrected chi connectivity index (χ0v) is 17.9. The van der Waals surface area contributed by atoms with E-state index >= 15 is 0 Å². The molecule has 0 unspecified atom stereocenters. The first kappa shape index (κ1) is 20.7. The molecule has 1 heterocycles. The lowest BCUT2D eigenvalue weighted by molar-refractivity contribution is -0.120. The Hall–Kier alpha value is -3.57. The van der Waals surface area contributed by atoms with Crippen LogP contribution in [0.4, 0.5) is 11.4 Å². The molecule has 0 aliphatic carbocycles. The molecule has 31 heavy (non-hydrogen) atoms. The normalized spacial score (nSPS) is 13.7. The molecule has 0 spiro atoms. The molecule has 4 rings (SSSR count). The van der Waals surface area contributed by atoms with E-state index in [0.717, 1.165) is 5.56 Å². The van der Waals surface area contributed by atoms with Crippen molar-refractivity contribution in [1.29, 1.82) is 0 Å². The van der Waals surface area contributed by atoms with E-state index in [4.69, 9.17) is 16.3 Å². The summed E-state index contributed by atoms with van der Waals surface area (Å²) in [7, 11) is 0.